The van der Waals surface area contributed by atoms with E-state index in [0.717, 1.165) is 5.56 Å². The molecule has 0 saturated carbocycles. The van der Waals surface area contributed by atoms with Gasteiger partial charge in [0.1, 0.15) is 0 Å². The Hall–Kier alpha value is -1.06. The first-order chi connectivity index (χ1) is 7.63. The summed E-state index contributed by atoms with van der Waals surface area (Å²) in [5.41, 5.74) is 6.88. The van der Waals surface area contributed by atoms with E-state index in [9.17, 15) is 4.79 Å². The van der Waals surface area contributed by atoms with Gasteiger partial charge in [-0.15, -0.1) is 0 Å². The number of rotatable bonds is 5. The summed E-state index contributed by atoms with van der Waals surface area (Å²) >= 11 is 5.85. The summed E-state index contributed by atoms with van der Waals surface area (Å²) in [5, 5.41) is 0.657. The molecule has 0 aliphatic rings. The third-order valence-corrected chi connectivity index (χ3v) is 2.48. The molecule has 1 aromatic carbocycles. The molecule has 1 unspecified atom stereocenters. The van der Waals surface area contributed by atoms with Crippen molar-refractivity contribution in [2.75, 3.05) is 6.61 Å². The van der Waals surface area contributed by atoms with Crippen LogP contribution in [0.3, 0.4) is 0 Å². The van der Waals surface area contributed by atoms with E-state index >= 15 is 0 Å². The summed E-state index contributed by atoms with van der Waals surface area (Å²) < 4.78 is 4.83. The molecule has 1 atom stereocenters. The Balaban J connectivity index is 2.46. The van der Waals surface area contributed by atoms with E-state index in [-0.39, 0.29) is 12.0 Å². The van der Waals surface area contributed by atoms with Crippen molar-refractivity contribution in [3.05, 3.63) is 34.9 Å². The lowest BCUT2D eigenvalue weighted by atomic mass is 10.0. The highest BCUT2D eigenvalue weighted by molar-refractivity contribution is 6.30. The highest BCUT2D eigenvalue weighted by atomic mass is 35.5. The number of halogens is 1. The molecular formula is C12H16ClNO2. The van der Waals surface area contributed by atoms with Gasteiger partial charge in [-0.1, -0.05) is 23.7 Å². The number of benzene rings is 1. The second-order valence-electron chi connectivity index (χ2n) is 3.51. The quantitative estimate of drug-likeness (QED) is 0.807. The minimum atomic E-state index is -0.208. The molecule has 0 heterocycles. The maximum absolute atomic E-state index is 11.1. The molecule has 4 heteroatoms. The molecule has 0 radical (unpaired) electrons. The van der Waals surface area contributed by atoms with Crippen LogP contribution in [0.1, 0.15) is 31.4 Å². The van der Waals surface area contributed by atoms with Crippen molar-refractivity contribution in [3.63, 3.8) is 0 Å². The summed E-state index contributed by atoms with van der Waals surface area (Å²) in [6, 6.07) is 7.19. The molecule has 2 N–H and O–H groups in total. The predicted molar refractivity (Wildman–Crippen MR) is 64.2 cm³/mol. The van der Waals surface area contributed by atoms with Gasteiger partial charge in [0, 0.05) is 17.5 Å². The zero-order chi connectivity index (χ0) is 12.0. The Morgan fingerprint density at radius 2 is 2.31 bits per heavy atom. The molecule has 16 heavy (non-hydrogen) atoms. The summed E-state index contributed by atoms with van der Waals surface area (Å²) in [4.78, 5) is 11.1. The van der Waals surface area contributed by atoms with Crippen LogP contribution in [0.15, 0.2) is 24.3 Å². The first-order valence-electron chi connectivity index (χ1n) is 5.30. The number of hydrogen-bond donors (Lipinski definition) is 1. The van der Waals surface area contributed by atoms with Gasteiger partial charge in [-0.05, 0) is 31.0 Å². The molecule has 0 aromatic heterocycles. The lowest BCUT2D eigenvalue weighted by Crippen LogP contribution is -2.13. The lowest BCUT2D eigenvalue weighted by molar-refractivity contribution is -0.143. The largest absolute Gasteiger partial charge is 0.466 e. The van der Waals surface area contributed by atoms with Gasteiger partial charge in [-0.3, -0.25) is 4.79 Å². The van der Waals surface area contributed by atoms with Crippen LogP contribution >= 0.6 is 11.6 Å². The van der Waals surface area contributed by atoms with Crippen molar-refractivity contribution in [2.45, 2.75) is 25.8 Å². The van der Waals surface area contributed by atoms with E-state index < -0.39 is 0 Å². The monoisotopic (exact) mass is 241 g/mol. The molecular weight excluding hydrogens is 226 g/mol. The van der Waals surface area contributed by atoms with Crippen LogP contribution in [0, 0.1) is 0 Å². The average molecular weight is 242 g/mol. The normalized spacial score (nSPS) is 12.2. The zero-order valence-corrected chi connectivity index (χ0v) is 10.0. The molecule has 1 aromatic rings. The standard InChI is InChI=1S/C12H16ClNO2/c1-2-16-12(15)7-6-11(14)9-4-3-5-10(13)8-9/h3-5,8,11H,2,6-7,14H2,1H3. The molecule has 0 bridgehead atoms. The Morgan fingerprint density at radius 1 is 1.56 bits per heavy atom. The molecule has 0 fully saturated rings. The van der Waals surface area contributed by atoms with Crippen molar-refractivity contribution in [3.8, 4) is 0 Å². The Bertz CT molecular complexity index is 355. The van der Waals surface area contributed by atoms with Gasteiger partial charge in [0.25, 0.3) is 0 Å². The second kappa shape index (κ2) is 6.51. The molecule has 1 rings (SSSR count). The Labute approximate surface area is 101 Å². The van der Waals surface area contributed by atoms with Crippen molar-refractivity contribution in [2.24, 2.45) is 5.73 Å². The van der Waals surface area contributed by atoms with Gasteiger partial charge in [0.05, 0.1) is 6.61 Å². The number of hydrogen-bond acceptors (Lipinski definition) is 3. The van der Waals surface area contributed by atoms with Gasteiger partial charge in [-0.25, -0.2) is 0 Å². The fourth-order valence-electron chi connectivity index (χ4n) is 1.41. The molecule has 0 aliphatic heterocycles. The first-order valence-corrected chi connectivity index (χ1v) is 5.68. The van der Waals surface area contributed by atoms with Crippen LogP contribution in [0.4, 0.5) is 0 Å². The predicted octanol–water partition coefficient (Wildman–Crippen LogP) is 2.68. The molecule has 3 nitrogen and oxygen atoms in total. The lowest BCUT2D eigenvalue weighted by Gasteiger charge is -2.11. The van der Waals surface area contributed by atoms with Crippen molar-refractivity contribution in [1.82, 2.24) is 0 Å². The zero-order valence-electron chi connectivity index (χ0n) is 9.28. The number of carbonyl (C=O) groups excluding carboxylic acids is 1. The van der Waals surface area contributed by atoms with Crippen LogP contribution < -0.4 is 5.73 Å². The summed E-state index contributed by atoms with van der Waals surface area (Å²) in [5.74, 6) is -0.208. The molecule has 0 aliphatic carbocycles. The van der Waals surface area contributed by atoms with Gasteiger partial charge in [0.15, 0.2) is 0 Å². The van der Waals surface area contributed by atoms with E-state index in [2.05, 4.69) is 0 Å². The van der Waals surface area contributed by atoms with Crippen LogP contribution in [0.5, 0.6) is 0 Å². The number of carbonyl (C=O) groups is 1. The third kappa shape index (κ3) is 4.21. The van der Waals surface area contributed by atoms with E-state index in [1.54, 1.807) is 13.0 Å². The van der Waals surface area contributed by atoms with Crippen molar-refractivity contribution in [1.29, 1.82) is 0 Å². The first kappa shape index (κ1) is 13.0. The Morgan fingerprint density at radius 3 is 2.94 bits per heavy atom. The van der Waals surface area contributed by atoms with Crippen LogP contribution in [0.25, 0.3) is 0 Å². The summed E-state index contributed by atoms with van der Waals surface area (Å²) in [6.07, 6.45) is 0.903. The van der Waals surface area contributed by atoms with E-state index in [4.69, 9.17) is 22.1 Å². The van der Waals surface area contributed by atoms with Crippen LogP contribution in [-0.2, 0) is 9.53 Å². The average Bonchev–Trinajstić information content (AvgIpc) is 2.26. The summed E-state index contributed by atoms with van der Waals surface area (Å²) in [7, 11) is 0. The fourth-order valence-corrected chi connectivity index (χ4v) is 1.61. The van der Waals surface area contributed by atoms with Gasteiger partial charge >= 0.3 is 5.97 Å². The van der Waals surface area contributed by atoms with Crippen molar-refractivity contribution < 1.29 is 9.53 Å². The topological polar surface area (TPSA) is 52.3 Å². The highest BCUT2D eigenvalue weighted by Crippen LogP contribution is 2.19. The molecule has 0 spiro atoms. The third-order valence-electron chi connectivity index (χ3n) is 2.24. The Kier molecular flexibility index (Phi) is 5.29. The van der Waals surface area contributed by atoms with Gasteiger partial charge in [0.2, 0.25) is 0 Å². The number of nitrogens with two attached hydrogens (primary N) is 1. The van der Waals surface area contributed by atoms with E-state index in [1.807, 2.05) is 18.2 Å². The number of esters is 1. The highest BCUT2D eigenvalue weighted by Gasteiger charge is 2.09. The molecule has 88 valence electrons. The minimum absolute atomic E-state index is 0.178. The number of ether oxygens (including phenoxy) is 1. The van der Waals surface area contributed by atoms with Crippen LogP contribution in [0.2, 0.25) is 5.02 Å². The van der Waals surface area contributed by atoms with E-state index in [0.29, 0.717) is 24.5 Å². The molecule has 0 amide bonds. The maximum Gasteiger partial charge on any atom is 0.305 e. The van der Waals surface area contributed by atoms with Crippen molar-refractivity contribution >= 4 is 17.6 Å². The van der Waals surface area contributed by atoms with Gasteiger partial charge in [-0.2, -0.15) is 0 Å². The minimum Gasteiger partial charge on any atom is -0.466 e. The smallest absolute Gasteiger partial charge is 0.305 e. The van der Waals surface area contributed by atoms with Crippen LogP contribution in [-0.4, -0.2) is 12.6 Å². The summed E-state index contributed by atoms with van der Waals surface area (Å²) in [6.45, 7) is 2.19. The van der Waals surface area contributed by atoms with Gasteiger partial charge < -0.3 is 10.5 Å². The van der Waals surface area contributed by atoms with E-state index in [1.165, 1.54) is 0 Å². The second-order valence-corrected chi connectivity index (χ2v) is 3.94. The fraction of sp³-hybridized carbons (Fsp3) is 0.417. The molecule has 0 saturated heterocycles. The SMILES string of the molecule is CCOC(=O)CCC(N)c1cccc(Cl)c1. The maximum atomic E-state index is 11.1.